The van der Waals surface area contributed by atoms with Crippen LogP contribution >= 0.6 is 0 Å². The molecular formula is C132H111N12O3Pt3-3. The van der Waals surface area contributed by atoms with Gasteiger partial charge in [-0.15, -0.1) is 82.9 Å². The van der Waals surface area contributed by atoms with E-state index in [1.54, 1.807) is 24.7 Å². The molecule has 0 aliphatic rings. The van der Waals surface area contributed by atoms with Crippen molar-refractivity contribution in [1.29, 1.82) is 15.8 Å². The van der Waals surface area contributed by atoms with Crippen molar-refractivity contribution in [2.75, 3.05) is 0 Å². The summed E-state index contributed by atoms with van der Waals surface area (Å²) in [6.07, 6.45) is 11.4. The summed E-state index contributed by atoms with van der Waals surface area (Å²) in [5.41, 5.74) is 33.9. The number of nitrogens with zero attached hydrogens (tertiary/aromatic N) is 12. The van der Waals surface area contributed by atoms with Crippen molar-refractivity contribution in [2.45, 2.75) is 138 Å². The third kappa shape index (κ3) is 21.9. The number of aromatic nitrogens is 9. The Kier molecular flexibility index (Phi) is 31.2. The topological polar surface area (TPSA) is 223 Å². The molecule has 0 bridgehead atoms. The van der Waals surface area contributed by atoms with E-state index in [1.807, 2.05) is 262 Å². The number of hydrogen-bond acceptors (Lipinski definition) is 12. The van der Waals surface area contributed by atoms with Gasteiger partial charge < -0.3 is 28.5 Å². The Morgan fingerprint density at radius 3 is 1.05 bits per heavy atom. The minimum Gasteiger partial charge on any atom is -0.507 e. The SMILES string of the molecule is CC(C)(C)c1cc(-c2cc(C#N)c(-c3ccccc3)cn2)[c-]c(-c2cccn3c(-c4ccccc4)c(-c4cccc(C(C)(C)C)c4O)nc23)c1.CC(C)(C)c1cc(-c2nc3c(-c4[c-]c(-c5cc(C#N)c(-c6ccccc6)cn5)cc(-c5ccccc5)c4)cccn3c2-c2ccccc2)c(O)c(C(C)(C)C)c1.Cc1c(-c2cc(C(C)(C)C)ccc2O)nc2c(-c3[c-]c(-c4cc(C#N)c(-c5ccccc5)cn4)ccc3)cccn12.[Pt].[Pt].[Pt]. The molecule has 12 aromatic carbocycles. The van der Waals surface area contributed by atoms with E-state index < -0.39 is 0 Å². The summed E-state index contributed by atoms with van der Waals surface area (Å²) in [6, 6.07) is 126. The van der Waals surface area contributed by atoms with E-state index in [9.17, 15) is 31.1 Å². The number of hydrogen-bond donors (Lipinski definition) is 3. The average Bonchev–Trinajstić information content (AvgIpc) is 1.59. The first kappa shape index (κ1) is 107. The van der Waals surface area contributed by atoms with E-state index in [0.29, 0.717) is 61.9 Å². The predicted molar refractivity (Wildman–Crippen MR) is 594 cm³/mol. The fourth-order valence-corrected chi connectivity index (χ4v) is 19.0. The van der Waals surface area contributed by atoms with E-state index in [0.717, 1.165) is 173 Å². The van der Waals surface area contributed by atoms with Gasteiger partial charge in [0.2, 0.25) is 0 Å². The smallest absolute Gasteiger partial charge is 0.128 e. The van der Waals surface area contributed by atoms with Gasteiger partial charge in [-0.05, 0) is 114 Å². The first-order valence-electron chi connectivity index (χ1n) is 49.4. The number of aryl methyl sites for hydroxylation is 1. The molecule has 21 rings (SSSR count). The van der Waals surface area contributed by atoms with Crippen molar-refractivity contribution < 1.29 is 78.5 Å². The number of pyridine rings is 6. The second kappa shape index (κ2) is 43.9. The number of phenolic OH excluding ortho intramolecular Hbond substituents is 3. The first-order valence-corrected chi connectivity index (χ1v) is 49.4. The number of aromatic hydroxyl groups is 3. The molecule has 15 nitrogen and oxygen atoms in total. The van der Waals surface area contributed by atoms with Crippen molar-refractivity contribution in [2.24, 2.45) is 0 Å². The van der Waals surface area contributed by atoms with Crippen molar-refractivity contribution in [3.63, 3.8) is 0 Å². The fourth-order valence-electron chi connectivity index (χ4n) is 19.0. The average molecular weight is 2500 g/mol. The second-order valence-electron chi connectivity index (χ2n) is 42.4. The van der Waals surface area contributed by atoms with Crippen LogP contribution in [0.1, 0.15) is 154 Å². The maximum absolute atomic E-state index is 12.1. The van der Waals surface area contributed by atoms with Crippen molar-refractivity contribution in [3.8, 4) is 203 Å². The van der Waals surface area contributed by atoms with Crippen molar-refractivity contribution >= 4 is 16.9 Å². The van der Waals surface area contributed by atoms with Gasteiger partial charge in [0.05, 0.1) is 52.0 Å². The first-order chi connectivity index (χ1) is 70.6. The van der Waals surface area contributed by atoms with Gasteiger partial charge in [0.1, 0.15) is 45.6 Å². The molecule has 9 aromatic heterocycles. The van der Waals surface area contributed by atoms with E-state index in [2.05, 4.69) is 238 Å². The monoisotopic (exact) mass is 2500 g/mol. The molecule has 0 amide bonds. The molecule has 0 saturated heterocycles. The third-order valence-corrected chi connectivity index (χ3v) is 27.1. The van der Waals surface area contributed by atoms with Gasteiger partial charge in [-0.1, -0.05) is 387 Å². The summed E-state index contributed by atoms with van der Waals surface area (Å²) in [6.45, 7) is 34.4. The number of benzene rings is 12. The minimum absolute atomic E-state index is 0. The Morgan fingerprint density at radius 1 is 0.260 bits per heavy atom. The maximum Gasteiger partial charge on any atom is 0.128 e. The van der Waals surface area contributed by atoms with E-state index in [4.69, 9.17) is 29.9 Å². The number of fused-ring (bicyclic) bond motifs is 3. The predicted octanol–water partition coefficient (Wildman–Crippen LogP) is 32.1. The van der Waals surface area contributed by atoms with Crippen LogP contribution in [0.15, 0.2) is 365 Å². The van der Waals surface area contributed by atoms with Crippen molar-refractivity contribution in [1.82, 2.24) is 43.1 Å². The largest absolute Gasteiger partial charge is 0.507 e. The molecule has 18 heteroatoms. The number of phenols is 3. The van der Waals surface area contributed by atoms with Gasteiger partial charge in [-0.3, -0.25) is 15.0 Å². The van der Waals surface area contributed by atoms with Crippen LogP contribution in [0.4, 0.5) is 0 Å². The fraction of sp³-hybridized carbons (Fsp3) is 0.159. The summed E-state index contributed by atoms with van der Waals surface area (Å²) < 4.78 is 6.29. The molecular weight excluding hydrogens is 2390 g/mol. The molecule has 0 radical (unpaired) electrons. The molecule has 0 unspecified atom stereocenters. The zero-order valence-electron chi connectivity index (χ0n) is 86.3. The molecule has 0 spiro atoms. The van der Waals surface area contributed by atoms with Gasteiger partial charge in [-0.2, -0.15) is 15.8 Å². The van der Waals surface area contributed by atoms with Crippen LogP contribution in [0.3, 0.4) is 0 Å². The minimum atomic E-state index is -0.306. The summed E-state index contributed by atoms with van der Waals surface area (Å²) in [5, 5.41) is 65.0. The number of rotatable bonds is 15. The second-order valence-corrected chi connectivity index (χ2v) is 42.4. The molecule has 750 valence electrons. The van der Waals surface area contributed by atoms with E-state index >= 15 is 0 Å². The molecule has 0 aliphatic carbocycles. The summed E-state index contributed by atoms with van der Waals surface area (Å²) >= 11 is 0. The molecule has 0 aliphatic heterocycles. The van der Waals surface area contributed by atoms with Gasteiger partial charge in [0, 0.05) is 173 Å². The van der Waals surface area contributed by atoms with Gasteiger partial charge >= 0.3 is 0 Å². The van der Waals surface area contributed by atoms with Crippen LogP contribution in [-0.2, 0) is 90.3 Å². The van der Waals surface area contributed by atoms with Crippen LogP contribution < -0.4 is 0 Å². The number of nitriles is 3. The van der Waals surface area contributed by atoms with Gasteiger partial charge in [0.25, 0.3) is 0 Å². The van der Waals surface area contributed by atoms with Crippen LogP contribution in [0.5, 0.6) is 17.2 Å². The summed E-state index contributed by atoms with van der Waals surface area (Å²) in [4.78, 5) is 30.2. The van der Waals surface area contributed by atoms with E-state index in [-0.39, 0.29) is 108 Å². The van der Waals surface area contributed by atoms with Gasteiger partial charge in [-0.25, -0.2) is 15.0 Å². The van der Waals surface area contributed by atoms with Crippen LogP contribution in [-0.4, -0.2) is 58.4 Å². The maximum atomic E-state index is 12.1. The molecule has 0 atom stereocenters. The Balaban J connectivity index is 0.000000160. The summed E-state index contributed by atoms with van der Waals surface area (Å²) in [5.74, 6) is 0.688. The van der Waals surface area contributed by atoms with Crippen LogP contribution in [0, 0.1) is 59.1 Å². The Morgan fingerprint density at radius 2 is 0.600 bits per heavy atom. The molecule has 0 fully saturated rings. The standard InChI is InChI=1S/C51H43N4O.C45H39N4O.C36H29N4O.3Pt/c1-50(2,3)40-29-42(48(56)44(30-40)51(4,5)6)46-47(35-21-14-9-15-22-35)55-24-16-23-41(49(55)54-46)37-25-36(33-17-10-7-11-18-33)26-38(27-37)45-28-39(31-52)43(32-53-45)34-19-12-8-13-20-34;1-44(2,3)34-24-31(23-32(25-34)39-26-33(27-46)37(28-47-39)29-15-9-7-10-16-29)35-20-14-22-49-41(30-17-11-8-12-18-30)40(48-43(35)49)36-19-13-21-38(42(36)50)45(4,5)6;1-23-34(30-20-28(36(2,3)4)15-16-33(30)41)39-35-29(14-9-17-40(23)35)25-12-8-13-26(18-25)32-19-27(21-37)31(22-38-32)24-10-6-5-7-11-24;;;/h7-26,28-30,32,56H,1-6H3;7-22,24-26,28,50H,1-6H3;5-17,19-20,22,41H,1-4H3;;;/q3*-1;;;. The quantitative estimate of drug-likeness (QED) is 0.0816. The zero-order valence-corrected chi connectivity index (χ0v) is 93.1. The normalized spacial score (nSPS) is 11.5. The van der Waals surface area contributed by atoms with Crippen molar-refractivity contribution in [3.05, 3.63) is 433 Å². The summed E-state index contributed by atoms with van der Waals surface area (Å²) in [7, 11) is 0. The molecule has 21 aromatic rings. The molecule has 9 heterocycles. The molecule has 0 saturated carbocycles. The Labute approximate surface area is 921 Å². The zero-order chi connectivity index (χ0) is 103. The molecule has 3 N–H and O–H groups in total. The third-order valence-electron chi connectivity index (χ3n) is 27.1. The van der Waals surface area contributed by atoms with Gasteiger partial charge in [0.15, 0.2) is 0 Å². The van der Waals surface area contributed by atoms with E-state index in [1.165, 1.54) is 0 Å². The number of imidazole rings is 3. The molecule has 150 heavy (non-hydrogen) atoms. The van der Waals surface area contributed by atoms with Crippen LogP contribution in [0.25, 0.3) is 185 Å². The number of para-hydroxylation sites is 1. The Hall–Kier alpha value is -15.9. The Bertz CT molecular complexity index is 8750. The van der Waals surface area contributed by atoms with Crippen LogP contribution in [0.2, 0.25) is 0 Å².